The predicted octanol–water partition coefficient (Wildman–Crippen LogP) is 6.10. The second kappa shape index (κ2) is 5.59. The number of halogens is 1. The van der Waals surface area contributed by atoms with Crippen molar-refractivity contribution in [3.05, 3.63) is 52.6 Å². The average molecular weight is 384 g/mol. The van der Waals surface area contributed by atoms with E-state index in [-0.39, 0.29) is 0 Å². The summed E-state index contributed by atoms with van der Waals surface area (Å²) < 4.78 is 6.84. The van der Waals surface area contributed by atoms with Crippen molar-refractivity contribution in [1.82, 2.24) is 4.98 Å². The van der Waals surface area contributed by atoms with E-state index in [1.807, 2.05) is 12.1 Å². The Morgan fingerprint density at radius 2 is 1.50 bits per heavy atom. The van der Waals surface area contributed by atoms with Crippen LogP contribution in [0.15, 0.2) is 47.1 Å². The Labute approximate surface area is 151 Å². The Bertz CT molecular complexity index is 702. The molecular formula is C21H22BrNO. The van der Waals surface area contributed by atoms with Crippen molar-refractivity contribution in [2.75, 3.05) is 0 Å². The third-order valence-corrected chi connectivity index (χ3v) is 6.90. The summed E-state index contributed by atoms with van der Waals surface area (Å²) in [5.41, 5.74) is 2.00. The zero-order valence-corrected chi connectivity index (χ0v) is 15.3. The minimum absolute atomic E-state index is 0.461. The molecule has 0 spiro atoms. The van der Waals surface area contributed by atoms with Crippen molar-refractivity contribution in [3.63, 3.8) is 0 Å². The van der Waals surface area contributed by atoms with Crippen LogP contribution >= 0.6 is 15.9 Å². The highest BCUT2D eigenvalue weighted by Gasteiger charge is 2.51. The van der Waals surface area contributed by atoms with E-state index in [1.165, 1.54) is 44.1 Å². The normalized spacial score (nSPS) is 33.6. The third kappa shape index (κ3) is 2.57. The topological polar surface area (TPSA) is 22.1 Å². The van der Waals surface area contributed by atoms with Crippen LogP contribution in [0.25, 0.3) is 0 Å². The summed E-state index contributed by atoms with van der Waals surface area (Å²) in [6, 6.07) is 12.7. The third-order valence-electron chi connectivity index (χ3n) is 6.43. The number of benzene rings is 1. The van der Waals surface area contributed by atoms with Gasteiger partial charge in [0.05, 0.1) is 0 Å². The first-order valence-corrected chi connectivity index (χ1v) is 9.88. The molecule has 0 amide bonds. The van der Waals surface area contributed by atoms with Crippen LogP contribution in [0.2, 0.25) is 0 Å². The lowest BCUT2D eigenvalue weighted by molar-refractivity contribution is -0.00519. The van der Waals surface area contributed by atoms with Gasteiger partial charge in [0.25, 0.3) is 0 Å². The highest BCUT2D eigenvalue weighted by Crippen LogP contribution is 2.60. The summed E-state index contributed by atoms with van der Waals surface area (Å²) >= 11 is 3.40. The van der Waals surface area contributed by atoms with Crippen molar-refractivity contribution in [2.24, 2.45) is 17.8 Å². The average Bonchev–Trinajstić information content (AvgIpc) is 2.56. The van der Waals surface area contributed by atoms with Gasteiger partial charge in [-0.05, 0) is 101 Å². The van der Waals surface area contributed by atoms with E-state index >= 15 is 0 Å². The Hall–Kier alpha value is -1.35. The Kier molecular flexibility index (Phi) is 3.48. The van der Waals surface area contributed by atoms with Crippen LogP contribution in [0, 0.1) is 17.8 Å². The van der Waals surface area contributed by atoms with Gasteiger partial charge in [-0.15, -0.1) is 0 Å². The van der Waals surface area contributed by atoms with E-state index in [9.17, 15) is 0 Å². The maximum Gasteiger partial charge on any atom is 0.219 e. The number of aromatic nitrogens is 1. The lowest BCUT2D eigenvalue weighted by Gasteiger charge is -2.57. The molecule has 1 heterocycles. The van der Waals surface area contributed by atoms with Gasteiger partial charge in [-0.25, -0.2) is 4.98 Å². The van der Waals surface area contributed by atoms with Crippen molar-refractivity contribution in [3.8, 4) is 11.6 Å². The Balaban J connectivity index is 1.37. The maximum absolute atomic E-state index is 5.88. The van der Waals surface area contributed by atoms with Crippen molar-refractivity contribution in [2.45, 2.75) is 43.9 Å². The van der Waals surface area contributed by atoms with Crippen molar-refractivity contribution >= 4 is 15.9 Å². The van der Waals surface area contributed by atoms with E-state index in [0.29, 0.717) is 11.3 Å². The number of hydrogen-bond donors (Lipinski definition) is 0. The van der Waals surface area contributed by atoms with Gasteiger partial charge in [0, 0.05) is 16.7 Å². The zero-order valence-electron chi connectivity index (χ0n) is 13.7. The standard InChI is InChI=1S/C21H22BrNO/c22-18-3-6-20(23-13-18)24-19-4-1-17(2-5-19)21-10-14-7-15(11-21)9-16(8-14)12-21/h1-6,13-16H,7-12H2. The van der Waals surface area contributed by atoms with Gasteiger partial charge in [-0.1, -0.05) is 12.1 Å². The fourth-order valence-electron chi connectivity index (χ4n) is 5.88. The van der Waals surface area contributed by atoms with Crippen molar-refractivity contribution in [1.29, 1.82) is 0 Å². The molecule has 4 saturated carbocycles. The minimum atomic E-state index is 0.461. The SMILES string of the molecule is Brc1ccc(Oc2ccc(C34CC5CC(CC(C5)C3)C4)cc2)nc1. The van der Waals surface area contributed by atoms with E-state index in [0.717, 1.165) is 28.0 Å². The van der Waals surface area contributed by atoms with Gasteiger partial charge >= 0.3 is 0 Å². The maximum atomic E-state index is 5.88. The molecule has 1 aromatic heterocycles. The highest BCUT2D eigenvalue weighted by atomic mass is 79.9. The first-order valence-electron chi connectivity index (χ1n) is 9.08. The molecule has 4 fully saturated rings. The van der Waals surface area contributed by atoms with Crippen LogP contribution in [0.3, 0.4) is 0 Å². The molecule has 2 aromatic rings. The molecule has 0 radical (unpaired) electrons. The lowest BCUT2D eigenvalue weighted by atomic mass is 9.48. The first kappa shape index (κ1) is 14.9. The lowest BCUT2D eigenvalue weighted by Crippen LogP contribution is -2.48. The summed E-state index contributed by atoms with van der Waals surface area (Å²) in [4.78, 5) is 4.28. The summed E-state index contributed by atoms with van der Waals surface area (Å²) in [7, 11) is 0. The minimum Gasteiger partial charge on any atom is -0.439 e. The van der Waals surface area contributed by atoms with Gasteiger partial charge in [0.15, 0.2) is 0 Å². The molecule has 2 nitrogen and oxygen atoms in total. The van der Waals surface area contributed by atoms with Crippen LogP contribution in [-0.2, 0) is 5.41 Å². The van der Waals surface area contributed by atoms with E-state index in [1.54, 1.807) is 6.20 Å². The molecule has 1 aromatic carbocycles. The first-order chi connectivity index (χ1) is 11.7. The molecule has 4 aliphatic rings. The molecule has 0 unspecified atom stereocenters. The van der Waals surface area contributed by atoms with E-state index in [2.05, 4.69) is 45.2 Å². The van der Waals surface area contributed by atoms with E-state index < -0.39 is 0 Å². The quantitative estimate of drug-likeness (QED) is 0.638. The van der Waals surface area contributed by atoms with Crippen LogP contribution in [0.5, 0.6) is 11.6 Å². The molecule has 0 atom stereocenters. The molecule has 6 rings (SSSR count). The molecule has 124 valence electrons. The number of pyridine rings is 1. The molecule has 0 aliphatic heterocycles. The molecule has 3 heteroatoms. The molecule has 4 aliphatic carbocycles. The molecule has 4 bridgehead atoms. The number of nitrogens with zero attached hydrogens (tertiary/aromatic N) is 1. The number of ether oxygens (including phenoxy) is 1. The zero-order chi connectivity index (χ0) is 16.1. The van der Waals surface area contributed by atoms with Gasteiger partial charge in [0.1, 0.15) is 5.75 Å². The predicted molar refractivity (Wildman–Crippen MR) is 98.3 cm³/mol. The fraction of sp³-hybridized carbons (Fsp3) is 0.476. The monoisotopic (exact) mass is 383 g/mol. The van der Waals surface area contributed by atoms with E-state index in [4.69, 9.17) is 4.74 Å². The largest absolute Gasteiger partial charge is 0.439 e. The Morgan fingerprint density at radius 3 is 2.04 bits per heavy atom. The highest BCUT2D eigenvalue weighted by molar-refractivity contribution is 9.10. The smallest absolute Gasteiger partial charge is 0.219 e. The fourth-order valence-corrected chi connectivity index (χ4v) is 6.12. The second-order valence-electron chi connectivity index (χ2n) is 8.14. The van der Waals surface area contributed by atoms with Crippen LogP contribution in [-0.4, -0.2) is 4.98 Å². The van der Waals surface area contributed by atoms with Gasteiger partial charge in [-0.2, -0.15) is 0 Å². The van der Waals surface area contributed by atoms with Crippen LogP contribution in [0.4, 0.5) is 0 Å². The molecule has 0 N–H and O–H groups in total. The van der Waals surface area contributed by atoms with Gasteiger partial charge in [0.2, 0.25) is 5.88 Å². The van der Waals surface area contributed by atoms with Crippen LogP contribution in [0.1, 0.15) is 44.1 Å². The summed E-state index contributed by atoms with van der Waals surface area (Å²) in [6.07, 6.45) is 10.5. The van der Waals surface area contributed by atoms with Crippen molar-refractivity contribution < 1.29 is 4.74 Å². The summed E-state index contributed by atoms with van der Waals surface area (Å²) in [6.45, 7) is 0. The molecule has 0 saturated heterocycles. The Morgan fingerprint density at radius 1 is 0.875 bits per heavy atom. The number of hydrogen-bond acceptors (Lipinski definition) is 2. The molecule has 24 heavy (non-hydrogen) atoms. The van der Waals surface area contributed by atoms with Crippen LogP contribution < -0.4 is 4.74 Å². The summed E-state index contributed by atoms with van der Waals surface area (Å²) in [5.74, 6) is 4.47. The van der Waals surface area contributed by atoms with Gasteiger partial charge in [-0.3, -0.25) is 0 Å². The molecular weight excluding hydrogens is 362 g/mol. The summed E-state index contributed by atoms with van der Waals surface area (Å²) in [5, 5.41) is 0. The number of rotatable bonds is 3. The van der Waals surface area contributed by atoms with Gasteiger partial charge < -0.3 is 4.74 Å². The second-order valence-corrected chi connectivity index (χ2v) is 9.05.